The van der Waals surface area contributed by atoms with E-state index in [0.29, 0.717) is 5.92 Å². The normalized spacial score (nSPS) is 23.7. The molecule has 1 heterocycles. The van der Waals surface area contributed by atoms with Gasteiger partial charge in [0, 0.05) is 12.5 Å². The molecule has 0 aliphatic carbocycles. The van der Waals surface area contributed by atoms with Crippen LogP contribution in [0.15, 0.2) is 54.6 Å². The summed E-state index contributed by atoms with van der Waals surface area (Å²) in [6.45, 7) is 0.967. The molecule has 1 aliphatic rings. The number of rotatable bonds is 1. The van der Waals surface area contributed by atoms with Crippen molar-refractivity contribution in [3.8, 4) is 0 Å². The molecule has 1 aliphatic heterocycles. The van der Waals surface area contributed by atoms with Gasteiger partial charge in [-0.1, -0.05) is 54.6 Å². The standard InChI is InChI=1S/C16H16ClN/c1-18-11-15(12-7-3-2-4-8-12)13-9-5-6-10-14(13)16(18)17/h2-10,15-16H,11H2,1H3. The predicted molar refractivity (Wildman–Crippen MR) is 76.0 cm³/mol. The third-order valence-electron chi connectivity index (χ3n) is 3.69. The van der Waals surface area contributed by atoms with Gasteiger partial charge in [0.2, 0.25) is 0 Å². The molecular formula is C16H16ClN. The van der Waals surface area contributed by atoms with Crippen LogP contribution in [-0.2, 0) is 0 Å². The average Bonchev–Trinajstić information content (AvgIpc) is 2.44. The maximum atomic E-state index is 6.48. The highest BCUT2D eigenvalue weighted by Gasteiger charge is 2.30. The molecule has 0 bridgehead atoms. The molecule has 0 radical (unpaired) electrons. The Balaban J connectivity index is 2.10. The Bertz CT molecular complexity index is 538. The molecule has 3 rings (SSSR count). The fourth-order valence-electron chi connectivity index (χ4n) is 2.73. The third-order valence-corrected chi connectivity index (χ3v) is 4.26. The summed E-state index contributed by atoms with van der Waals surface area (Å²) in [6, 6.07) is 19.2. The molecule has 2 aromatic rings. The summed E-state index contributed by atoms with van der Waals surface area (Å²) in [4.78, 5) is 2.21. The molecule has 92 valence electrons. The van der Waals surface area contributed by atoms with Gasteiger partial charge in [-0.2, -0.15) is 0 Å². The number of nitrogens with zero attached hydrogens (tertiary/aromatic N) is 1. The third kappa shape index (κ3) is 1.94. The van der Waals surface area contributed by atoms with Crippen molar-refractivity contribution in [1.29, 1.82) is 0 Å². The summed E-state index contributed by atoms with van der Waals surface area (Å²) >= 11 is 6.48. The van der Waals surface area contributed by atoms with Crippen LogP contribution in [0.2, 0.25) is 0 Å². The molecule has 0 fully saturated rings. The topological polar surface area (TPSA) is 3.24 Å². The number of fused-ring (bicyclic) bond motifs is 1. The molecule has 2 aromatic carbocycles. The van der Waals surface area contributed by atoms with E-state index in [-0.39, 0.29) is 5.50 Å². The van der Waals surface area contributed by atoms with Crippen LogP contribution in [0, 0.1) is 0 Å². The van der Waals surface area contributed by atoms with E-state index >= 15 is 0 Å². The molecule has 1 nitrogen and oxygen atoms in total. The molecular weight excluding hydrogens is 242 g/mol. The first-order valence-corrected chi connectivity index (χ1v) is 6.69. The molecule has 2 atom stereocenters. The molecule has 0 spiro atoms. The average molecular weight is 258 g/mol. The second-order valence-electron chi connectivity index (χ2n) is 4.87. The van der Waals surface area contributed by atoms with Gasteiger partial charge in [0.1, 0.15) is 5.50 Å². The summed E-state index contributed by atoms with van der Waals surface area (Å²) < 4.78 is 0. The molecule has 0 saturated heterocycles. The zero-order chi connectivity index (χ0) is 12.5. The fraction of sp³-hybridized carbons (Fsp3) is 0.250. The van der Waals surface area contributed by atoms with Crippen LogP contribution in [0.25, 0.3) is 0 Å². The lowest BCUT2D eigenvalue weighted by Crippen LogP contribution is -2.32. The van der Waals surface area contributed by atoms with E-state index in [1.165, 1.54) is 16.7 Å². The fourth-order valence-corrected chi connectivity index (χ4v) is 3.01. The minimum absolute atomic E-state index is 0.0128. The van der Waals surface area contributed by atoms with Crippen LogP contribution >= 0.6 is 11.6 Å². The molecule has 0 N–H and O–H groups in total. The van der Waals surface area contributed by atoms with Gasteiger partial charge in [-0.15, -0.1) is 11.6 Å². The van der Waals surface area contributed by atoms with Crippen LogP contribution in [0.3, 0.4) is 0 Å². The van der Waals surface area contributed by atoms with Crippen LogP contribution < -0.4 is 0 Å². The van der Waals surface area contributed by atoms with Gasteiger partial charge in [-0.25, -0.2) is 0 Å². The van der Waals surface area contributed by atoms with Crippen molar-refractivity contribution < 1.29 is 0 Å². The van der Waals surface area contributed by atoms with E-state index < -0.39 is 0 Å². The molecule has 18 heavy (non-hydrogen) atoms. The van der Waals surface area contributed by atoms with Crippen LogP contribution in [-0.4, -0.2) is 18.5 Å². The summed E-state index contributed by atoms with van der Waals surface area (Å²) in [7, 11) is 2.09. The lowest BCUT2D eigenvalue weighted by molar-refractivity contribution is 0.281. The smallest absolute Gasteiger partial charge is 0.111 e. The first kappa shape index (κ1) is 11.8. The van der Waals surface area contributed by atoms with E-state index in [1.807, 2.05) is 0 Å². The lowest BCUT2D eigenvalue weighted by atomic mass is 9.85. The highest BCUT2D eigenvalue weighted by molar-refractivity contribution is 6.20. The summed E-state index contributed by atoms with van der Waals surface area (Å²) in [5.41, 5.74) is 3.95. The second-order valence-corrected chi connectivity index (χ2v) is 5.28. The lowest BCUT2D eigenvalue weighted by Gasteiger charge is -2.36. The van der Waals surface area contributed by atoms with E-state index in [4.69, 9.17) is 11.6 Å². The Morgan fingerprint density at radius 2 is 1.56 bits per heavy atom. The van der Waals surface area contributed by atoms with Crippen molar-refractivity contribution in [3.05, 3.63) is 71.3 Å². The largest absolute Gasteiger partial charge is 0.286 e. The molecule has 0 amide bonds. The highest BCUT2D eigenvalue weighted by Crippen LogP contribution is 2.39. The monoisotopic (exact) mass is 257 g/mol. The number of hydrogen-bond acceptors (Lipinski definition) is 1. The highest BCUT2D eigenvalue weighted by atomic mass is 35.5. The van der Waals surface area contributed by atoms with Crippen molar-refractivity contribution in [3.63, 3.8) is 0 Å². The summed E-state index contributed by atoms with van der Waals surface area (Å²) in [5, 5.41) is 0. The summed E-state index contributed by atoms with van der Waals surface area (Å²) in [6.07, 6.45) is 0. The number of benzene rings is 2. The Hall–Kier alpha value is -1.31. The quantitative estimate of drug-likeness (QED) is 0.551. The van der Waals surface area contributed by atoms with Gasteiger partial charge in [-0.3, -0.25) is 4.90 Å². The number of hydrogen-bond donors (Lipinski definition) is 0. The zero-order valence-electron chi connectivity index (χ0n) is 10.4. The molecule has 0 aromatic heterocycles. The van der Waals surface area contributed by atoms with Crippen molar-refractivity contribution in [2.45, 2.75) is 11.4 Å². The van der Waals surface area contributed by atoms with Gasteiger partial charge in [0.25, 0.3) is 0 Å². The first-order valence-electron chi connectivity index (χ1n) is 6.25. The minimum Gasteiger partial charge on any atom is -0.286 e. The second kappa shape index (κ2) is 4.75. The van der Waals surface area contributed by atoms with Crippen molar-refractivity contribution in [1.82, 2.24) is 4.90 Å². The Labute approximate surface area is 113 Å². The summed E-state index contributed by atoms with van der Waals surface area (Å²) in [5.74, 6) is 0.419. The maximum absolute atomic E-state index is 6.48. The van der Waals surface area contributed by atoms with Gasteiger partial charge >= 0.3 is 0 Å². The first-order chi connectivity index (χ1) is 8.77. The van der Waals surface area contributed by atoms with Gasteiger partial charge in [-0.05, 0) is 23.7 Å². The Kier molecular flexibility index (Phi) is 3.11. The van der Waals surface area contributed by atoms with Gasteiger partial charge in [0.15, 0.2) is 0 Å². The van der Waals surface area contributed by atoms with E-state index in [9.17, 15) is 0 Å². The Morgan fingerprint density at radius 3 is 2.28 bits per heavy atom. The van der Waals surface area contributed by atoms with Crippen LogP contribution in [0.5, 0.6) is 0 Å². The number of likely N-dealkylation sites (N-methyl/N-ethyl adjacent to an activating group) is 1. The zero-order valence-corrected chi connectivity index (χ0v) is 11.1. The number of halogens is 1. The van der Waals surface area contributed by atoms with E-state index in [2.05, 4.69) is 66.5 Å². The van der Waals surface area contributed by atoms with Crippen molar-refractivity contribution >= 4 is 11.6 Å². The van der Waals surface area contributed by atoms with Gasteiger partial charge in [0.05, 0.1) is 0 Å². The predicted octanol–water partition coefficient (Wildman–Crippen LogP) is 4.00. The van der Waals surface area contributed by atoms with Crippen molar-refractivity contribution in [2.24, 2.45) is 0 Å². The van der Waals surface area contributed by atoms with Crippen LogP contribution in [0.4, 0.5) is 0 Å². The minimum atomic E-state index is -0.0128. The van der Waals surface area contributed by atoms with Gasteiger partial charge < -0.3 is 0 Å². The Morgan fingerprint density at radius 1 is 0.944 bits per heavy atom. The molecule has 0 saturated carbocycles. The molecule has 2 unspecified atom stereocenters. The number of alkyl halides is 1. The SMILES string of the molecule is CN1CC(c2ccccc2)c2ccccc2C1Cl. The van der Waals surface area contributed by atoms with E-state index in [0.717, 1.165) is 6.54 Å². The maximum Gasteiger partial charge on any atom is 0.111 e. The molecule has 2 heteroatoms. The van der Waals surface area contributed by atoms with Crippen LogP contribution in [0.1, 0.15) is 28.1 Å². The van der Waals surface area contributed by atoms with Crippen molar-refractivity contribution in [2.75, 3.05) is 13.6 Å². The van der Waals surface area contributed by atoms with E-state index in [1.54, 1.807) is 0 Å².